The van der Waals surface area contributed by atoms with Gasteiger partial charge in [-0.15, -0.1) is 0 Å². The van der Waals surface area contributed by atoms with Crippen LogP contribution in [0, 0.1) is 0 Å². The van der Waals surface area contributed by atoms with Crippen molar-refractivity contribution >= 4 is 5.97 Å². The fourth-order valence-corrected chi connectivity index (χ4v) is 7.12. The molecule has 3 rings (SSSR count). The largest absolute Gasteiger partial charge is 0.466 e. The molecule has 3 aliphatic rings. The molecule has 3 aliphatic carbocycles. The maximum absolute atomic E-state index is 12.7. The highest BCUT2D eigenvalue weighted by Crippen LogP contribution is 2.36. The fourth-order valence-electron chi connectivity index (χ4n) is 7.12. The molecule has 5 heteroatoms. The minimum Gasteiger partial charge on any atom is -0.466 e. The normalized spacial score (nSPS) is 23.3. The average Bonchev–Trinajstić information content (AvgIpc) is 2.98. The van der Waals surface area contributed by atoms with Gasteiger partial charge in [-0.1, -0.05) is 141 Å². The molecule has 238 valence electrons. The summed E-state index contributed by atoms with van der Waals surface area (Å²) in [6.07, 6.45) is 33.1. The zero-order chi connectivity index (χ0) is 29.0. The monoisotopic (exact) mass is 576 g/mol. The molecule has 0 atom stereocenters. The summed E-state index contributed by atoms with van der Waals surface area (Å²) in [6.45, 7) is 4.16. The van der Waals surface area contributed by atoms with Gasteiger partial charge in [0.15, 0.2) is 0 Å². The Hall–Kier alpha value is -0.910. The molecule has 0 aromatic rings. The van der Waals surface area contributed by atoms with E-state index in [1.807, 2.05) is 0 Å². The lowest BCUT2D eigenvalue weighted by atomic mass is 9.98. The van der Waals surface area contributed by atoms with Crippen LogP contribution in [-0.4, -0.2) is 37.4 Å². The van der Waals surface area contributed by atoms with Crippen molar-refractivity contribution in [1.29, 1.82) is 0 Å². The number of hydrogen-bond donors (Lipinski definition) is 0. The average molecular weight is 577 g/mol. The van der Waals surface area contributed by atoms with Gasteiger partial charge in [-0.05, 0) is 38.5 Å². The molecule has 0 radical (unpaired) electrons. The smallest absolute Gasteiger partial charge is 0.333 e. The summed E-state index contributed by atoms with van der Waals surface area (Å²) in [5.41, 5.74) is 0.382. The number of carbonyl (C=O) groups excluding carboxylic acids is 1. The van der Waals surface area contributed by atoms with E-state index in [9.17, 15) is 4.79 Å². The number of ether oxygens (including phenoxy) is 4. The van der Waals surface area contributed by atoms with Crippen molar-refractivity contribution in [3.63, 3.8) is 0 Å². The van der Waals surface area contributed by atoms with Crippen molar-refractivity contribution in [2.75, 3.05) is 7.11 Å². The summed E-state index contributed by atoms with van der Waals surface area (Å²) in [5.74, 6) is -1.68. The van der Waals surface area contributed by atoms with E-state index in [0.717, 1.165) is 38.5 Å². The van der Waals surface area contributed by atoms with Gasteiger partial charge in [0.2, 0.25) is 0 Å². The quantitative estimate of drug-likeness (QED) is 0.155. The summed E-state index contributed by atoms with van der Waals surface area (Å²) in [6, 6.07) is 0. The summed E-state index contributed by atoms with van der Waals surface area (Å²) in [5, 5.41) is 0. The minimum atomic E-state index is -1.29. The number of esters is 1. The Kier molecular flexibility index (Phi) is 17.6. The molecule has 0 aromatic heterocycles. The van der Waals surface area contributed by atoms with Crippen LogP contribution >= 0.6 is 0 Å². The molecule has 3 saturated carbocycles. The fraction of sp³-hybridized carbons (Fsp3) is 0.917. The van der Waals surface area contributed by atoms with Crippen LogP contribution in [0.5, 0.6) is 0 Å². The summed E-state index contributed by atoms with van der Waals surface area (Å²) in [7, 11) is 1.43. The first kappa shape index (κ1) is 34.6. The molecule has 5 nitrogen and oxygen atoms in total. The van der Waals surface area contributed by atoms with Gasteiger partial charge < -0.3 is 18.9 Å². The van der Waals surface area contributed by atoms with E-state index in [1.165, 1.54) is 142 Å². The van der Waals surface area contributed by atoms with Gasteiger partial charge >= 0.3 is 5.97 Å². The third-order valence-corrected chi connectivity index (χ3v) is 9.60. The second-order valence-electron chi connectivity index (χ2n) is 13.3. The van der Waals surface area contributed by atoms with Crippen LogP contribution in [0.3, 0.4) is 0 Å². The molecule has 0 spiro atoms. The number of rotatable bonds is 9. The van der Waals surface area contributed by atoms with Gasteiger partial charge in [-0.25, -0.2) is 4.79 Å². The summed E-state index contributed by atoms with van der Waals surface area (Å²) < 4.78 is 26.5. The first-order chi connectivity index (χ1) is 20.1. The molecule has 3 fully saturated rings. The highest BCUT2D eigenvalue weighted by molar-refractivity contribution is 5.87. The van der Waals surface area contributed by atoms with Crippen LogP contribution in [0.4, 0.5) is 0 Å². The van der Waals surface area contributed by atoms with Gasteiger partial charge in [-0.3, -0.25) is 0 Å². The summed E-state index contributed by atoms with van der Waals surface area (Å²) in [4.78, 5) is 12.7. The van der Waals surface area contributed by atoms with Gasteiger partial charge in [0.05, 0.1) is 31.8 Å². The lowest BCUT2D eigenvalue weighted by Gasteiger charge is -2.42. The Labute approximate surface area is 252 Å². The maximum atomic E-state index is 12.7. The van der Waals surface area contributed by atoms with Crippen molar-refractivity contribution in [1.82, 2.24) is 0 Å². The van der Waals surface area contributed by atoms with E-state index in [0.29, 0.717) is 5.57 Å². The van der Waals surface area contributed by atoms with Crippen LogP contribution < -0.4 is 0 Å². The van der Waals surface area contributed by atoms with Crippen molar-refractivity contribution in [3.8, 4) is 0 Å². The Bertz CT molecular complexity index is 607. The number of carbonyl (C=O) groups is 1. The van der Waals surface area contributed by atoms with Gasteiger partial charge in [-0.2, -0.15) is 0 Å². The Balaban J connectivity index is 1.89. The second kappa shape index (κ2) is 20.9. The lowest BCUT2D eigenvalue weighted by molar-refractivity contribution is -0.419. The minimum absolute atomic E-state index is 0.0672. The molecule has 0 aliphatic heterocycles. The van der Waals surface area contributed by atoms with Crippen LogP contribution in [0.15, 0.2) is 12.2 Å². The Morgan fingerprint density at radius 1 is 0.512 bits per heavy atom. The molecule has 0 bridgehead atoms. The van der Waals surface area contributed by atoms with E-state index in [2.05, 4.69) is 6.58 Å². The van der Waals surface area contributed by atoms with Gasteiger partial charge in [0, 0.05) is 5.57 Å². The molecular formula is C36H64O5. The molecule has 41 heavy (non-hydrogen) atoms. The van der Waals surface area contributed by atoms with E-state index < -0.39 is 11.9 Å². The Morgan fingerprint density at radius 2 is 0.756 bits per heavy atom. The molecule has 0 amide bonds. The maximum Gasteiger partial charge on any atom is 0.333 e. The van der Waals surface area contributed by atoms with Crippen LogP contribution in [0.1, 0.15) is 180 Å². The van der Waals surface area contributed by atoms with E-state index in [-0.39, 0.29) is 24.7 Å². The van der Waals surface area contributed by atoms with Crippen molar-refractivity contribution in [2.24, 2.45) is 0 Å². The number of hydrogen-bond acceptors (Lipinski definition) is 5. The molecule has 0 saturated heterocycles. The zero-order valence-electron chi connectivity index (χ0n) is 26.8. The van der Waals surface area contributed by atoms with E-state index in [4.69, 9.17) is 18.9 Å². The third-order valence-electron chi connectivity index (χ3n) is 9.60. The highest BCUT2D eigenvalue weighted by atomic mass is 16.9. The van der Waals surface area contributed by atoms with E-state index >= 15 is 0 Å². The van der Waals surface area contributed by atoms with Gasteiger partial charge in [0.1, 0.15) is 0 Å². The second-order valence-corrected chi connectivity index (χ2v) is 13.3. The van der Waals surface area contributed by atoms with Crippen molar-refractivity contribution < 1.29 is 23.7 Å². The summed E-state index contributed by atoms with van der Waals surface area (Å²) >= 11 is 0. The predicted octanol–water partition coefficient (Wildman–Crippen LogP) is 10.5. The van der Waals surface area contributed by atoms with Crippen molar-refractivity contribution in [2.45, 2.75) is 204 Å². The highest BCUT2D eigenvalue weighted by Gasteiger charge is 2.43. The molecule has 0 unspecified atom stereocenters. The lowest BCUT2D eigenvalue weighted by Crippen LogP contribution is -2.48. The van der Waals surface area contributed by atoms with Crippen LogP contribution in [0.25, 0.3) is 0 Å². The van der Waals surface area contributed by atoms with Crippen LogP contribution in [0.2, 0.25) is 0 Å². The predicted molar refractivity (Wildman–Crippen MR) is 168 cm³/mol. The number of methoxy groups -OCH3 is 1. The van der Waals surface area contributed by atoms with Gasteiger partial charge in [0.25, 0.3) is 5.97 Å². The molecule has 0 N–H and O–H groups in total. The SMILES string of the molecule is C=C(CC(OC1CCCCCCCCC1)(OC1CCCCCCCCC1)OC1CCCCCCCCC1)C(=O)OC. The first-order valence-corrected chi connectivity index (χ1v) is 17.9. The third kappa shape index (κ3) is 14.4. The van der Waals surface area contributed by atoms with Crippen LogP contribution in [-0.2, 0) is 23.7 Å². The topological polar surface area (TPSA) is 54.0 Å². The molecule has 0 heterocycles. The Morgan fingerprint density at radius 3 is 1.00 bits per heavy atom. The first-order valence-electron chi connectivity index (χ1n) is 17.9. The van der Waals surface area contributed by atoms with Crippen molar-refractivity contribution in [3.05, 3.63) is 12.2 Å². The molecule has 0 aromatic carbocycles. The molecular weight excluding hydrogens is 512 g/mol. The zero-order valence-corrected chi connectivity index (χ0v) is 26.8. The standard InChI is InChI=1S/C36H64O5/c1-31(35(37)38-2)30-36(39-32-24-18-12-6-3-7-13-19-25-32,40-33-26-20-14-8-4-9-15-21-27-33)41-34-28-22-16-10-5-11-17-23-29-34/h32-34H,1,3-30H2,2H3. The van der Waals surface area contributed by atoms with E-state index in [1.54, 1.807) is 0 Å².